The van der Waals surface area contributed by atoms with Gasteiger partial charge in [0.15, 0.2) is 0 Å². The summed E-state index contributed by atoms with van der Waals surface area (Å²) in [5.74, 6) is 0.505. The molecule has 0 saturated carbocycles. The van der Waals surface area contributed by atoms with Crippen LogP contribution in [0.2, 0.25) is 0 Å². The van der Waals surface area contributed by atoms with Gasteiger partial charge in [0.05, 0.1) is 7.11 Å². The van der Waals surface area contributed by atoms with Crippen LogP contribution in [0.15, 0.2) is 11.6 Å². The van der Waals surface area contributed by atoms with Crippen LogP contribution in [0.1, 0.15) is 52.9 Å². The molecule has 0 saturated heterocycles. The van der Waals surface area contributed by atoms with E-state index in [2.05, 4.69) is 18.6 Å². The third kappa shape index (κ3) is 6.32. The van der Waals surface area contributed by atoms with E-state index < -0.39 is 0 Å². The Balaban J connectivity index is 4.02. The third-order valence-corrected chi connectivity index (χ3v) is 2.81. The van der Waals surface area contributed by atoms with Crippen LogP contribution in [0.25, 0.3) is 0 Å². The molecule has 1 unspecified atom stereocenters. The second kappa shape index (κ2) is 8.51. The number of allylic oxidation sites excluding steroid dienone is 1. The van der Waals surface area contributed by atoms with Gasteiger partial charge < -0.3 is 4.74 Å². The SMILES string of the molecule is CCCCC(CC)C/C=C(\C)C(=O)OC. The van der Waals surface area contributed by atoms with Crippen molar-refractivity contribution in [2.45, 2.75) is 52.9 Å². The zero-order valence-corrected chi connectivity index (χ0v) is 10.5. The zero-order valence-electron chi connectivity index (χ0n) is 10.5. The highest BCUT2D eigenvalue weighted by Crippen LogP contribution is 2.18. The van der Waals surface area contributed by atoms with E-state index in [0.29, 0.717) is 5.92 Å². The summed E-state index contributed by atoms with van der Waals surface area (Å²) < 4.78 is 4.65. The topological polar surface area (TPSA) is 26.3 Å². The van der Waals surface area contributed by atoms with Gasteiger partial charge in [0.1, 0.15) is 0 Å². The number of unbranched alkanes of at least 4 members (excludes halogenated alkanes) is 1. The number of carbonyl (C=O) groups excluding carboxylic acids is 1. The highest BCUT2D eigenvalue weighted by atomic mass is 16.5. The minimum absolute atomic E-state index is 0.208. The first-order chi connectivity index (χ1) is 7.15. The maximum atomic E-state index is 11.1. The van der Waals surface area contributed by atoms with Crippen LogP contribution in [-0.4, -0.2) is 13.1 Å². The van der Waals surface area contributed by atoms with Gasteiger partial charge in [0.2, 0.25) is 0 Å². The molecule has 0 heterocycles. The Kier molecular flexibility index (Phi) is 8.06. The minimum atomic E-state index is -0.208. The lowest BCUT2D eigenvalue weighted by Crippen LogP contribution is -2.03. The van der Waals surface area contributed by atoms with E-state index >= 15 is 0 Å². The fraction of sp³-hybridized carbons (Fsp3) is 0.769. The summed E-state index contributed by atoms with van der Waals surface area (Å²) in [6.45, 7) is 6.24. The first-order valence-electron chi connectivity index (χ1n) is 5.90. The largest absolute Gasteiger partial charge is 0.466 e. The highest BCUT2D eigenvalue weighted by Gasteiger charge is 2.06. The van der Waals surface area contributed by atoms with Crippen LogP contribution < -0.4 is 0 Å². The van der Waals surface area contributed by atoms with E-state index in [0.717, 1.165) is 12.0 Å². The molecule has 0 aliphatic heterocycles. The maximum Gasteiger partial charge on any atom is 0.333 e. The van der Waals surface area contributed by atoms with E-state index in [4.69, 9.17) is 0 Å². The van der Waals surface area contributed by atoms with Gasteiger partial charge in [-0.3, -0.25) is 0 Å². The van der Waals surface area contributed by atoms with Gasteiger partial charge >= 0.3 is 5.97 Å². The van der Waals surface area contributed by atoms with Crippen molar-refractivity contribution in [2.24, 2.45) is 5.92 Å². The fourth-order valence-corrected chi connectivity index (χ4v) is 1.57. The predicted octanol–water partition coefficient (Wildman–Crippen LogP) is 3.71. The van der Waals surface area contributed by atoms with Crippen molar-refractivity contribution in [3.8, 4) is 0 Å². The van der Waals surface area contributed by atoms with Crippen molar-refractivity contribution >= 4 is 5.97 Å². The standard InChI is InChI=1S/C13H24O2/c1-5-7-8-12(6-2)10-9-11(3)13(14)15-4/h9,12H,5-8,10H2,1-4H3/b11-9+. The van der Waals surface area contributed by atoms with Crippen molar-refractivity contribution in [3.63, 3.8) is 0 Å². The Morgan fingerprint density at radius 1 is 1.40 bits per heavy atom. The molecule has 0 aromatic heterocycles. The van der Waals surface area contributed by atoms with Crippen LogP contribution >= 0.6 is 0 Å². The molecular weight excluding hydrogens is 188 g/mol. The molecule has 1 atom stereocenters. The Morgan fingerprint density at radius 2 is 2.07 bits per heavy atom. The smallest absolute Gasteiger partial charge is 0.333 e. The molecule has 0 aromatic rings. The molecule has 88 valence electrons. The van der Waals surface area contributed by atoms with Gasteiger partial charge in [-0.1, -0.05) is 45.6 Å². The first kappa shape index (κ1) is 14.2. The molecule has 15 heavy (non-hydrogen) atoms. The van der Waals surface area contributed by atoms with Crippen molar-refractivity contribution < 1.29 is 9.53 Å². The van der Waals surface area contributed by atoms with E-state index in [9.17, 15) is 4.79 Å². The molecule has 0 amide bonds. The summed E-state index contributed by atoms with van der Waals surface area (Å²) >= 11 is 0. The molecule has 0 rings (SSSR count). The summed E-state index contributed by atoms with van der Waals surface area (Å²) in [5.41, 5.74) is 0.729. The Bertz CT molecular complexity index is 207. The zero-order chi connectivity index (χ0) is 11.7. The predicted molar refractivity (Wildman–Crippen MR) is 63.7 cm³/mol. The second-order valence-corrected chi connectivity index (χ2v) is 4.03. The van der Waals surface area contributed by atoms with Crippen LogP contribution in [0.5, 0.6) is 0 Å². The van der Waals surface area contributed by atoms with Crippen LogP contribution in [0.3, 0.4) is 0 Å². The van der Waals surface area contributed by atoms with Gasteiger partial charge in [-0.2, -0.15) is 0 Å². The van der Waals surface area contributed by atoms with Gasteiger partial charge in [-0.15, -0.1) is 0 Å². The summed E-state index contributed by atoms with van der Waals surface area (Å²) in [6, 6.07) is 0. The molecule has 0 spiro atoms. The van der Waals surface area contributed by atoms with Gasteiger partial charge in [0, 0.05) is 5.57 Å². The number of esters is 1. The molecule has 0 aliphatic carbocycles. The van der Waals surface area contributed by atoms with Gasteiger partial charge in [-0.05, 0) is 19.3 Å². The van der Waals surface area contributed by atoms with E-state index in [1.807, 2.05) is 13.0 Å². The summed E-state index contributed by atoms with van der Waals surface area (Å²) in [6.07, 6.45) is 7.98. The number of rotatable bonds is 7. The molecule has 2 heteroatoms. The molecule has 0 bridgehead atoms. The fourth-order valence-electron chi connectivity index (χ4n) is 1.57. The number of carbonyl (C=O) groups is 1. The quantitative estimate of drug-likeness (QED) is 0.475. The maximum absolute atomic E-state index is 11.1. The average molecular weight is 212 g/mol. The minimum Gasteiger partial charge on any atom is -0.466 e. The monoisotopic (exact) mass is 212 g/mol. The molecule has 0 aliphatic rings. The Labute approximate surface area is 93.7 Å². The lowest BCUT2D eigenvalue weighted by atomic mass is 9.95. The van der Waals surface area contributed by atoms with Crippen molar-refractivity contribution in [2.75, 3.05) is 7.11 Å². The summed E-state index contributed by atoms with van der Waals surface area (Å²) in [4.78, 5) is 11.1. The summed E-state index contributed by atoms with van der Waals surface area (Å²) in [7, 11) is 1.42. The second-order valence-electron chi connectivity index (χ2n) is 4.03. The lowest BCUT2D eigenvalue weighted by Gasteiger charge is -2.11. The van der Waals surface area contributed by atoms with Gasteiger partial charge in [-0.25, -0.2) is 4.79 Å². The van der Waals surface area contributed by atoms with E-state index in [1.54, 1.807) is 0 Å². The van der Waals surface area contributed by atoms with E-state index in [1.165, 1.54) is 32.8 Å². The Morgan fingerprint density at radius 3 is 2.53 bits per heavy atom. The normalized spacial score (nSPS) is 13.7. The average Bonchev–Trinajstić information content (AvgIpc) is 2.27. The number of hydrogen-bond donors (Lipinski definition) is 0. The van der Waals surface area contributed by atoms with Gasteiger partial charge in [0.25, 0.3) is 0 Å². The number of hydrogen-bond acceptors (Lipinski definition) is 2. The molecule has 0 fully saturated rings. The lowest BCUT2D eigenvalue weighted by molar-refractivity contribution is -0.136. The van der Waals surface area contributed by atoms with Crippen molar-refractivity contribution in [1.82, 2.24) is 0 Å². The van der Waals surface area contributed by atoms with E-state index in [-0.39, 0.29) is 5.97 Å². The molecule has 0 radical (unpaired) electrons. The van der Waals surface area contributed by atoms with Crippen molar-refractivity contribution in [3.05, 3.63) is 11.6 Å². The first-order valence-corrected chi connectivity index (χ1v) is 5.90. The molecule has 0 aromatic carbocycles. The van der Waals surface area contributed by atoms with Crippen molar-refractivity contribution in [1.29, 1.82) is 0 Å². The van der Waals surface area contributed by atoms with Crippen LogP contribution in [-0.2, 0) is 9.53 Å². The summed E-state index contributed by atoms with van der Waals surface area (Å²) in [5, 5.41) is 0. The molecule has 2 nitrogen and oxygen atoms in total. The van der Waals surface area contributed by atoms with Crippen LogP contribution in [0.4, 0.5) is 0 Å². The van der Waals surface area contributed by atoms with Crippen LogP contribution in [0, 0.1) is 5.92 Å². The Hall–Kier alpha value is -0.790. The molecular formula is C13H24O2. The number of methoxy groups -OCH3 is 1. The number of ether oxygens (including phenoxy) is 1. The molecule has 0 N–H and O–H groups in total. The third-order valence-electron chi connectivity index (χ3n) is 2.81. The highest BCUT2D eigenvalue weighted by molar-refractivity contribution is 5.87.